The van der Waals surface area contributed by atoms with E-state index in [9.17, 15) is 0 Å². The molecule has 1 aliphatic carbocycles. The van der Waals surface area contributed by atoms with Gasteiger partial charge >= 0.3 is 67.9 Å². The first kappa shape index (κ1) is 8.06. The average molecular weight is 179 g/mol. The third kappa shape index (κ3) is 1.51. The first-order chi connectivity index (χ1) is 4.75. The van der Waals surface area contributed by atoms with Crippen LogP contribution in [0.1, 0.15) is 20.3 Å². The normalized spacial score (nSPS) is 17.6. The van der Waals surface area contributed by atoms with Crippen molar-refractivity contribution in [3.63, 3.8) is 0 Å². The Labute approximate surface area is 68.3 Å². The molecule has 57 valence electrons. The van der Waals surface area contributed by atoms with Crippen molar-refractivity contribution < 1.29 is 19.5 Å². The van der Waals surface area contributed by atoms with Crippen LogP contribution in [0.4, 0.5) is 0 Å². The second-order valence-electron chi connectivity index (χ2n) is 2.71. The van der Waals surface area contributed by atoms with Crippen molar-refractivity contribution in [1.29, 1.82) is 0 Å². The van der Waals surface area contributed by atoms with Crippen LogP contribution in [0.25, 0.3) is 0 Å². The maximum atomic E-state index is 8.92. The fourth-order valence-electron chi connectivity index (χ4n) is 1.09. The molecule has 1 N–H and O–H groups in total. The molecule has 2 heteroatoms. The molecule has 0 saturated heterocycles. The minimum atomic E-state index is -0.0260. The molecule has 0 radical (unpaired) electrons. The molecule has 0 aromatic carbocycles. The first-order valence-corrected chi connectivity index (χ1v) is 4.55. The number of rotatable bonds is 2. The fourth-order valence-corrected chi connectivity index (χ4v) is 1.93. The third-order valence-electron chi connectivity index (χ3n) is 1.63. The van der Waals surface area contributed by atoms with Gasteiger partial charge in [-0.05, 0) is 0 Å². The van der Waals surface area contributed by atoms with E-state index in [4.69, 9.17) is 4.19 Å². The van der Waals surface area contributed by atoms with Crippen molar-refractivity contribution in [2.75, 3.05) is 0 Å². The van der Waals surface area contributed by atoms with Crippen LogP contribution in [0.5, 0.6) is 0 Å². The zero-order chi connectivity index (χ0) is 7.56. The summed E-state index contributed by atoms with van der Waals surface area (Å²) in [6.07, 6.45) is 5.21. The van der Waals surface area contributed by atoms with Crippen LogP contribution in [0, 0.1) is 5.92 Å². The molecule has 1 aliphatic rings. The van der Waals surface area contributed by atoms with Crippen LogP contribution in [-0.4, -0.2) is 4.19 Å². The molecule has 0 aromatic rings. The Balaban J connectivity index is 2.76. The summed E-state index contributed by atoms with van der Waals surface area (Å²) in [6.45, 7) is 4.32. The predicted molar refractivity (Wildman–Crippen MR) is 37.8 cm³/mol. The van der Waals surface area contributed by atoms with Crippen molar-refractivity contribution in [3.8, 4) is 0 Å². The summed E-state index contributed by atoms with van der Waals surface area (Å²) >= 11 is -0.0260. The van der Waals surface area contributed by atoms with Gasteiger partial charge in [0.1, 0.15) is 0 Å². The average Bonchev–Trinajstić information content (AvgIpc) is 2.33. The summed E-state index contributed by atoms with van der Waals surface area (Å²) < 4.78 is 10.1. The molecule has 0 bridgehead atoms. The summed E-state index contributed by atoms with van der Waals surface area (Å²) in [5.41, 5.74) is 1.34. The maximum absolute atomic E-state index is 8.92. The predicted octanol–water partition coefficient (Wildman–Crippen LogP) is 1.85. The van der Waals surface area contributed by atoms with Crippen LogP contribution in [-0.2, 0) is 15.3 Å². The van der Waals surface area contributed by atoms with E-state index in [2.05, 4.69) is 26.0 Å². The minimum absolute atomic E-state index is 0.0260. The molecular formula is C8H12MnO. The Morgan fingerprint density at radius 3 is 2.70 bits per heavy atom. The van der Waals surface area contributed by atoms with E-state index in [0.29, 0.717) is 5.92 Å². The molecular weight excluding hydrogens is 167 g/mol. The molecule has 0 saturated carbocycles. The molecule has 0 aliphatic heterocycles. The Bertz CT molecular complexity index is 180. The van der Waals surface area contributed by atoms with Gasteiger partial charge in [0.25, 0.3) is 0 Å². The SMILES string of the molecule is CC(C)C1=[C]([Mn][OH])CC=C1. The molecule has 0 spiro atoms. The van der Waals surface area contributed by atoms with Crippen molar-refractivity contribution in [2.24, 2.45) is 5.92 Å². The summed E-state index contributed by atoms with van der Waals surface area (Å²) in [7, 11) is 0. The number of allylic oxidation sites excluding steroid dienone is 4. The Hall–Kier alpha value is -0.0405. The van der Waals surface area contributed by atoms with Crippen LogP contribution in [0.15, 0.2) is 22.2 Å². The van der Waals surface area contributed by atoms with Crippen molar-refractivity contribution in [3.05, 3.63) is 22.2 Å². The first-order valence-electron chi connectivity index (χ1n) is 3.44. The second kappa shape index (κ2) is 3.38. The van der Waals surface area contributed by atoms with Crippen LogP contribution in [0.3, 0.4) is 0 Å². The molecule has 10 heavy (non-hydrogen) atoms. The van der Waals surface area contributed by atoms with E-state index in [1.54, 1.807) is 0 Å². The van der Waals surface area contributed by atoms with Crippen LogP contribution >= 0.6 is 0 Å². The zero-order valence-corrected chi connectivity index (χ0v) is 7.44. The fraction of sp³-hybridized carbons (Fsp3) is 0.500. The van der Waals surface area contributed by atoms with Gasteiger partial charge in [-0.2, -0.15) is 0 Å². The molecule has 0 amide bonds. The van der Waals surface area contributed by atoms with Gasteiger partial charge in [-0.1, -0.05) is 0 Å². The summed E-state index contributed by atoms with van der Waals surface area (Å²) in [5, 5.41) is 0. The number of hydrogen-bond acceptors (Lipinski definition) is 1. The number of hydrogen-bond donors (Lipinski definition) is 1. The van der Waals surface area contributed by atoms with E-state index < -0.39 is 0 Å². The molecule has 1 rings (SSSR count). The topological polar surface area (TPSA) is 20.2 Å². The molecule has 0 unspecified atom stereocenters. The van der Waals surface area contributed by atoms with Crippen molar-refractivity contribution in [1.82, 2.24) is 0 Å². The summed E-state index contributed by atoms with van der Waals surface area (Å²) in [5.74, 6) is 0.564. The van der Waals surface area contributed by atoms with Gasteiger partial charge in [-0.3, -0.25) is 0 Å². The zero-order valence-electron chi connectivity index (χ0n) is 6.26. The molecule has 0 heterocycles. The van der Waals surface area contributed by atoms with Gasteiger partial charge in [-0.15, -0.1) is 0 Å². The van der Waals surface area contributed by atoms with Gasteiger partial charge < -0.3 is 0 Å². The Kier molecular flexibility index (Phi) is 2.72. The van der Waals surface area contributed by atoms with Crippen molar-refractivity contribution in [2.45, 2.75) is 20.3 Å². The standard InChI is InChI=1S/C8H11.Mn.H2O/c1-7(2)8-5-3-4-6-8;;/h3,5,7H,4H2,1-2H3;;1H2/q;+1;/p-1. The van der Waals surface area contributed by atoms with E-state index in [-0.39, 0.29) is 15.3 Å². The molecule has 0 aromatic heterocycles. The second-order valence-corrected chi connectivity index (χ2v) is 3.68. The van der Waals surface area contributed by atoms with Gasteiger partial charge in [-0.25, -0.2) is 0 Å². The van der Waals surface area contributed by atoms with E-state index in [1.807, 2.05) is 0 Å². The van der Waals surface area contributed by atoms with Crippen LogP contribution < -0.4 is 0 Å². The van der Waals surface area contributed by atoms with E-state index in [1.165, 1.54) is 10.0 Å². The van der Waals surface area contributed by atoms with Gasteiger partial charge in [0.05, 0.1) is 0 Å². The Morgan fingerprint density at radius 1 is 1.60 bits per heavy atom. The summed E-state index contributed by atoms with van der Waals surface area (Å²) in [6, 6.07) is 0. The van der Waals surface area contributed by atoms with Crippen LogP contribution in [0.2, 0.25) is 0 Å². The third-order valence-corrected chi connectivity index (χ3v) is 2.53. The molecule has 1 nitrogen and oxygen atoms in total. The van der Waals surface area contributed by atoms with Gasteiger partial charge in [0.2, 0.25) is 0 Å². The van der Waals surface area contributed by atoms with E-state index in [0.717, 1.165) is 6.42 Å². The summed E-state index contributed by atoms with van der Waals surface area (Å²) in [4.78, 5) is 0. The van der Waals surface area contributed by atoms with Gasteiger partial charge in [0, 0.05) is 0 Å². The van der Waals surface area contributed by atoms with Crippen molar-refractivity contribution >= 4 is 0 Å². The quantitative estimate of drug-likeness (QED) is 0.641. The monoisotopic (exact) mass is 179 g/mol. The molecule has 0 atom stereocenters. The van der Waals surface area contributed by atoms with E-state index >= 15 is 0 Å². The van der Waals surface area contributed by atoms with Gasteiger partial charge in [0.15, 0.2) is 0 Å². The Morgan fingerprint density at radius 2 is 2.30 bits per heavy atom. The molecule has 0 fully saturated rings.